The zero-order chi connectivity index (χ0) is 10.4. The summed E-state index contributed by atoms with van der Waals surface area (Å²) in [5, 5.41) is 16.6. The molecule has 0 radical (unpaired) electrons. The minimum Gasteiger partial charge on any atom is -0.480 e. The molecule has 7 nitrogen and oxygen atoms in total. The molecule has 0 saturated carbocycles. The third-order valence-corrected chi connectivity index (χ3v) is 1.18. The van der Waals surface area contributed by atoms with Crippen molar-refractivity contribution in [1.82, 2.24) is 4.90 Å². The molecule has 4 N–H and O–H groups in total. The van der Waals surface area contributed by atoms with Gasteiger partial charge >= 0.3 is 11.9 Å². The van der Waals surface area contributed by atoms with Crippen LogP contribution in [0, 0.1) is 0 Å². The lowest BCUT2D eigenvalue weighted by Crippen LogP contribution is -2.42. The largest absolute Gasteiger partial charge is 0.480 e. The molecule has 0 aromatic carbocycles. The summed E-state index contributed by atoms with van der Waals surface area (Å²) in [6.07, 6.45) is 0. The average molecular weight is 190 g/mol. The normalized spacial score (nSPS) is 9.31. The lowest BCUT2D eigenvalue weighted by Gasteiger charge is -2.16. The summed E-state index contributed by atoms with van der Waals surface area (Å²) in [5.41, 5.74) is 4.95. The van der Waals surface area contributed by atoms with Crippen molar-refractivity contribution in [2.45, 2.75) is 0 Å². The monoisotopic (exact) mass is 190 g/mol. The van der Waals surface area contributed by atoms with E-state index in [4.69, 9.17) is 15.9 Å². The molecule has 74 valence electrons. The zero-order valence-electron chi connectivity index (χ0n) is 6.77. The second-order valence-corrected chi connectivity index (χ2v) is 2.24. The SMILES string of the molecule is NCC(=O)N(CC(=O)O)CC(=O)O. The zero-order valence-corrected chi connectivity index (χ0v) is 6.77. The first kappa shape index (κ1) is 11.4. The number of carboxylic acids is 2. The molecule has 0 bridgehead atoms. The van der Waals surface area contributed by atoms with Crippen molar-refractivity contribution >= 4 is 17.8 Å². The number of aliphatic carboxylic acids is 2. The second-order valence-electron chi connectivity index (χ2n) is 2.24. The molecule has 0 aromatic rings. The molecule has 7 heteroatoms. The van der Waals surface area contributed by atoms with Crippen LogP contribution in [0.25, 0.3) is 0 Å². The first-order valence-electron chi connectivity index (χ1n) is 3.38. The highest BCUT2D eigenvalue weighted by atomic mass is 16.4. The molecule has 0 atom stereocenters. The smallest absolute Gasteiger partial charge is 0.323 e. The van der Waals surface area contributed by atoms with E-state index >= 15 is 0 Å². The fraction of sp³-hybridized carbons (Fsp3) is 0.500. The number of nitrogens with two attached hydrogens (primary N) is 1. The molecular weight excluding hydrogens is 180 g/mol. The van der Waals surface area contributed by atoms with E-state index in [2.05, 4.69) is 0 Å². The van der Waals surface area contributed by atoms with Gasteiger partial charge in [-0.25, -0.2) is 0 Å². The highest BCUT2D eigenvalue weighted by Crippen LogP contribution is 1.88. The Balaban J connectivity index is 4.26. The van der Waals surface area contributed by atoms with E-state index in [1.54, 1.807) is 0 Å². The van der Waals surface area contributed by atoms with E-state index in [9.17, 15) is 14.4 Å². The van der Waals surface area contributed by atoms with Crippen molar-refractivity contribution in [1.29, 1.82) is 0 Å². The van der Waals surface area contributed by atoms with Gasteiger partial charge in [0.2, 0.25) is 5.91 Å². The minimum absolute atomic E-state index is 0.402. The van der Waals surface area contributed by atoms with Crippen LogP contribution in [0.1, 0.15) is 0 Å². The number of hydrogen-bond acceptors (Lipinski definition) is 4. The standard InChI is InChI=1S/C6H10N2O5/c7-1-4(9)8(2-5(10)11)3-6(12)13/h1-3,7H2,(H,10,11)(H,12,13). The molecule has 0 aromatic heterocycles. The molecule has 0 aliphatic rings. The number of nitrogens with zero attached hydrogens (tertiary/aromatic N) is 1. The molecule has 0 spiro atoms. The van der Waals surface area contributed by atoms with Crippen molar-refractivity contribution in [2.75, 3.05) is 19.6 Å². The van der Waals surface area contributed by atoms with Gasteiger partial charge in [-0.3, -0.25) is 14.4 Å². The van der Waals surface area contributed by atoms with Gasteiger partial charge in [0.25, 0.3) is 0 Å². The fourth-order valence-electron chi connectivity index (χ4n) is 0.688. The van der Waals surface area contributed by atoms with E-state index in [-0.39, 0.29) is 0 Å². The average Bonchev–Trinajstić information content (AvgIpc) is 2.00. The maximum atomic E-state index is 10.9. The summed E-state index contributed by atoms with van der Waals surface area (Å²) >= 11 is 0. The molecule has 0 aliphatic carbocycles. The molecule has 0 saturated heterocycles. The molecule has 0 fully saturated rings. The summed E-state index contributed by atoms with van der Waals surface area (Å²) in [6.45, 7) is -1.70. The van der Waals surface area contributed by atoms with Crippen LogP contribution in [0.2, 0.25) is 0 Å². The predicted octanol–water partition coefficient (Wildman–Crippen LogP) is -2.06. The number of carbonyl (C=O) groups is 3. The number of carbonyl (C=O) groups excluding carboxylic acids is 1. The Morgan fingerprint density at radius 1 is 1.08 bits per heavy atom. The summed E-state index contributed by atoms with van der Waals surface area (Å²) in [5.74, 6) is -3.25. The highest BCUT2D eigenvalue weighted by molar-refractivity contribution is 5.86. The molecule has 0 unspecified atom stereocenters. The van der Waals surface area contributed by atoms with Crippen LogP contribution < -0.4 is 5.73 Å². The van der Waals surface area contributed by atoms with Crippen molar-refractivity contribution in [2.24, 2.45) is 5.73 Å². The lowest BCUT2D eigenvalue weighted by atomic mass is 10.4. The number of carboxylic acid groups (broad SMARTS) is 2. The fourth-order valence-corrected chi connectivity index (χ4v) is 0.688. The van der Waals surface area contributed by atoms with Crippen LogP contribution in [-0.4, -0.2) is 52.6 Å². The van der Waals surface area contributed by atoms with Crippen LogP contribution in [0.15, 0.2) is 0 Å². The van der Waals surface area contributed by atoms with Crippen LogP contribution >= 0.6 is 0 Å². The van der Waals surface area contributed by atoms with E-state index in [0.717, 1.165) is 0 Å². The van der Waals surface area contributed by atoms with Gasteiger partial charge < -0.3 is 20.8 Å². The maximum Gasteiger partial charge on any atom is 0.323 e. The predicted molar refractivity (Wildman–Crippen MR) is 40.9 cm³/mol. The van der Waals surface area contributed by atoms with Gasteiger partial charge in [0.05, 0.1) is 6.54 Å². The Morgan fingerprint density at radius 2 is 1.46 bits per heavy atom. The maximum absolute atomic E-state index is 10.9. The molecule has 0 heterocycles. The molecule has 1 amide bonds. The van der Waals surface area contributed by atoms with Crippen molar-refractivity contribution in [3.63, 3.8) is 0 Å². The number of hydrogen-bond donors (Lipinski definition) is 3. The third kappa shape index (κ3) is 4.75. The van der Waals surface area contributed by atoms with Crippen LogP contribution in [0.4, 0.5) is 0 Å². The summed E-state index contributed by atoms with van der Waals surface area (Å²) in [6, 6.07) is 0. The quantitative estimate of drug-likeness (QED) is 0.458. The minimum atomic E-state index is -1.27. The molecule has 13 heavy (non-hydrogen) atoms. The summed E-state index contributed by atoms with van der Waals surface area (Å²) in [4.78, 5) is 31.9. The van der Waals surface area contributed by atoms with Gasteiger partial charge in [-0.05, 0) is 0 Å². The first-order chi connectivity index (χ1) is 5.97. The van der Waals surface area contributed by atoms with Gasteiger partial charge in [0.15, 0.2) is 0 Å². The Hall–Kier alpha value is -1.63. The topological polar surface area (TPSA) is 121 Å². The Morgan fingerprint density at radius 3 is 1.69 bits per heavy atom. The second kappa shape index (κ2) is 5.09. The van der Waals surface area contributed by atoms with Crippen molar-refractivity contribution < 1.29 is 24.6 Å². The summed E-state index contributed by atoms with van der Waals surface area (Å²) < 4.78 is 0. The van der Waals surface area contributed by atoms with E-state index in [0.29, 0.717) is 4.90 Å². The van der Waals surface area contributed by atoms with E-state index in [1.807, 2.05) is 0 Å². The summed E-state index contributed by atoms with van der Waals surface area (Å²) in [7, 11) is 0. The Kier molecular flexibility index (Phi) is 4.45. The van der Waals surface area contributed by atoms with Crippen molar-refractivity contribution in [3.05, 3.63) is 0 Å². The number of rotatable bonds is 5. The van der Waals surface area contributed by atoms with Gasteiger partial charge in [-0.15, -0.1) is 0 Å². The lowest BCUT2D eigenvalue weighted by molar-refractivity contribution is -0.148. The molecule has 0 aliphatic heterocycles. The highest BCUT2D eigenvalue weighted by Gasteiger charge is 2.17. The van der Waals surface area contributed by atoms with Gasteiger partial charge in [-0.2, -0.15) is 0 Å². The van der Waals surface area contributed by atoms with Crippen molar-refractivity contribution in [3.8, 4) is 0 Å². The molecular formula is C6H10N2O5. The molecule has 0 rings (SSSR count). The van der Waals surface area contributed by atoms with Crippen LogP contribution in [0.3, 0.4) is 0 Å². The Bertz CT molecular complexity index is 211. The third-order valence-electron chi connectivity index (χ3n) is 1.18. The Labute approximate surface area is 73.7 Å². The van der Waals surface area contributed by atoms with Crippen LogP contribution in [0.5, 0.6) is 0 Å². The van der Waals surface area contributed by atoms with E-state index in [1.165, 1.54) is 0 Å². The van der Waals surface area contributed by atoms with E-state index < -0.39 is 37.5 Å². The van der Waals surface area contributed by atoms with Gasteiger partial charge in [-0.1, -0.05) is 0 Å². The van der Waals surface area contributed by atoms with Gasteiger partial charge in [0, 0.05) is 0 Å². The number of amides is 1. The van der Waals surface area contributed by atoms with Gasteiger partial charge in [0.1, 0.15) is 13.1 Å². The van der Waals surface area contributed by atoms with Crippen LogP contribution in [-0.2, 0) is 14.4 Å². The first-order valence-corrected chi connectivity index (χ1v) is 3.38.